The minimum absolute atomic E-state index is 0.263. The third-order valence-corrected chi connectivity index (χ3v) is 1.03. The van der Waals surface area contributed by atoms with Gasteiger partial charge in [-0.25, -0.2) is 4.79 Å². The van der Waals surface area contributed by atoms with Gasteiger partial charge in [-0.15, -0.1) is 0 Å². The van der Waals surface area contributed by atoms with E-state index in [1.807, 2.05) is 0 Å². The molecule has 0 aliphatic rings. The maximum atomic E-state index is 10.2. The van der Waals surface area contributed by atoms with Gasteiger partial charge in [-0.1, -0.05) is 6.58 Å². The smallest absolute Gasteiger partial charge is 0.332 e. The third kappa shape index (κ3) is 5.42. The molecule has 0 rings (SSSR count). The highest BCUT2D eigenvalue weighted by Gasteiger charge is 2.09. The summed E-state index contributed by atoms with van der Waals surface area (Å²) in [6, 6.07) is 0. The van der Waals surface area contributed by atoms with E-state index in [9.17, 15) is 4.79 Å². The molecule has 0 spiro atoms. The van der Waals surface area contributed by atoms with E-state index in [2.05, 4.69) is 6.58 Å². The van der Waals surface area contributed by atoms with Crippen molar-refractivity contribution in [3.8, 4) is 0 Å². The molecule has 0 aromatic rings. The fourth-order valence-electron chi connectivity index (χ4n) is 0.428. The highest BCUT2D eigenvalue weighted by molar-refractivity contribution is 5.71. The fraction of sp³-hybridized carbons (Fsp3) is 0.571. The van der Waals surface area contributed by atoms with Crippen molar-refractivity contribution < 1.29 is 19.4 Å². The Kier molecular flexibility index (Phi) is 5.20. The minimum Gasteiger partial charge on any atom is -0.499 e. The van der Waals surface area contributed by atoms with Crippen molar-refractivity contribution >= 4 is 5.97 Å². The van der Waals surface area contributed by atoms with Crippen LogP contribution in [0.15, 0.2) is 12.8 Å². The van der Waals surface area contributed by atoms with Gasteiger partial charge in [-0.2, -0.15) is 0 Å². The summed E-state index contributed by atoms with van der Waals surface area (Å²) in [4.78, 5) is 10.2. The first kappa shape index (κ1) is 9.97. The maximum Gasteiger partial charge on any atom is 0.332 e. The number of carboxylic acids is 1. The summed E-state index contributed by atoms with van der Waals surface area (Å²) in [5, 5.41) is 8.35. The van der Waals surface area contributed by atoms with Crippen LogP contribution in [0.25, 0.3) is 0 Å². The van der Waals surface area contributed by atoms with Crippen LogP contribution in [0, 0.1) is 0 Å². The number of hydrogen-bond acceptors (Lipinski definition) is 3. The van der Waals surface area contributed by atoms with E-state index in [1.165, 1.54) is 13.2 Å². The summed E-state index contributed by atoms with van der Waals surface area (Å²) in [5.41, 5.74) is 0. The van der Waals surface area contributed by atoms with Crippen LogP contribution in [-0.2, 0) is 14.3 Å². The molecule has 0 saturated carbocycles. The average Bonchev–Trinajstić information content (AvgIpc) is 1.97. The number of hydrogen-bond donors (Lipinski definition) is 1. The number of carboxylic acid groups (broad SMARTS) is 1. The second kappa shape index (κ2) is 5.73. The number of rotatable bonds is 6. The molecule has 0 amide bonds. The Morgan fingerprint density at radius 2 is 2.36 bits per heavy atom. The van der Waals surface area contributed by atoms with Crippen LogP contribution in [0.2, 0.25) is 0 Å². The van der Waals surface area contributed by atoms with Crippen LogP contribution in [0.4, 0.5) is 0 Å². The molecule has 4 nitrogen and oxygen atoms in total. The standard InChI is InChI=1S/C7H12O4/c1-3-10-4-5-11-6(2)7(8)9/h3,6H,1,4-5H2,2H3,(H,8,9). The molecule has 0 aromatic carbocycles. The van der Waals surface area contributed by atoms with Crippen molar-refractivity contribution in [2.75, 3.05) is 13.2 Å². The van der Waals surface area contributed by atoms with Gasteiger partial charge in [0.05, 0.1) is 12.9 Å². The molecular weight excluding hydrogens is 148 g/mol. The second-order valence-corrected chi connectivity index (χ2v) is 1.89. The third-order valence-electron chi connectivity index (χ3n) is 1.03. The molecule has 0 heterocycles. The van der Waals surface area contributed by atoms with Crippen LogP contribution in [-0.4, -0.2) is 30.4 Å². The maximum absolute atomic E-state index is 10.2. The fourth-order valence-corrected chi connectivity index (χ4v) is 0.428. The molecule has 1 N–H and O–H groups in total. The van der Waals surface area contributed by atoms with Crippen molar-refractivity contribution in [1.29, 1.82) is 0 Å². The SMILES string of the molecule is C=COCCOC(C)C(=O)O. The predicted molar refractivity (Wildman–Crippen MR) is 39.2 cm³/mol. The summed E-state index contributed by atoms with van der Waals surface area (Å²) in [6.07, 6.45) is 0.512. The lowest BCUT2D eigenvalue weighted by molar-refractivity contribution is -0.149. The van der Waals surface area contributed by atoms with E-state index in [-0.39, 0.29) is 6.61 Å². The summed E-state index contributed by atoms with van der Waals surface area (Å²) >= 11 is 0. The lowest BCUT2D eigenvalue weighted by atomic mass is 10.4. The van der Waals surface area contributed by atoms with Gasteiger partial charge in [0.1, 0.15) is 6.61 Å². The largest absolute Gasteiger partial charge is 0.499 e. The van der Waals surface area contributed by atoms with Gasteiger partial charge < -0.3 is 14.6 Å². The Morgan fingerprint density at radius 1 is 1.73 bits per heavy atom. The second-order valence-electron chi connectivity index (χ2n) is 1.89. The number of aliphatic carboxylic acids is 1. The van der Waals surface area contributed by atoms with E-state index in [0.29, 0.717) is 6.61 Å². The van der Waals surface area contributed by atoms with Gasteiger partial charge in [-0.3, -0.25) is 0 Å². The Hall–Kier alpha value is -1.03. The first-order valence-electron chi connectivity index (χ1n) is 3.25. The number of carbonyl (C=O) groups is 1. The molecule has 4 heteroatoms. The summed E-state index contributed by atoms with van der Waals surface area (Å²) in [6.45, 7) is 5.38. The lowest BCUT2D eigenvalue weighted by Gasteiger charge is -2.06. The Balaban J connectivity index is 3.24. The molecule has 11 heavy (non-hydrogen) atoms. The van der Waals surface area contributed by atoms with Crippen LogP contribution in [0.3, 0.4) is 0 Å². The van der Waals surface area contributed by atoms with Gasteiger partial charge in [-0.05, 0) is 6.92 Å². The Bertz CT molecular complexity index is 132. The van der Waals surface area contributed by atoms with E-state index >= 15 is 0 Å². The van der Waals surface area contributed by atoms with Gasteiger partial charge in [0.2, 0.25) is 0 Å². The average molecular weight is 160 g/mol. The normalized spacial score (nSPS) is 12.1. The van der Waals surface area contributed by atoms with Crippen LogP contribution in [0.1, 0.15) is 6.92 Å². The van der Waals surface area contributed by atoms with Crippen molar-refractivity contribution in [3.63, 3.8) is 0 Å². The van der Waals surface area contributed by atoms with Gasteiger partial charge in [0, 0.05) is 0 Å². The molecule has 0 radical (unpaired) electrons. The van der Waals surface area contributed by atoms with Crippen LogP contribution < -0.4 is 0 Å². The molecule has 0 bridgehead atoms. The monoisotopic (exact) mass is 160 g/mol. The number of ether oxygens (including phenoxy) is 2. The van der Waals surface area contributed by atoms with Crippen molar-refractivity contribution in [2.45, 2.75) is 13.0 Å². The first-order valence-corrected chi connectivity index (χ1v) is 3.25. The Morgan fingerprint density at radius 3 is 2.82 bits per heavy atom. The summed E-state index contributed by atoms with van der Waals surface area (Å²) < 4.78 is 9.54. The van der Waals surface area contributed by atoms with Crippen LogP contribution >= 0.6 is 0 Å². The van der Waals surface area contributed by atoms with E-state index < -0.39 is 12.1 Å². The molecule has 1 atom stereocenters. The van der Waals surface area contributed by atoms with Gasteiger partial charge in [0.15, 0.2) is 6.10 Å². The molecule has 0 fully saturated rings. The van der Waals surface area contributed by atoms with Crippen molar-refractivity contribution in [3.05, 3.63) is 12.8 Å². The van der Waals surface area contributed by atoms with Crippen molar-refractivity contribution in [1.82, 2.24) is 0 Å². The predicted octanol–water partition coefficient (Wildman–Crippen LogP) is 0.636. The molecule has 0 saturated heterocycles. The van der Waals surface area contributed by atoms with Gasteiger partial charge >= 0.3 is 5.97 Å². The molecule has 64 valence electrons. The molecular formula is C7H12O4. The zero-order chi connectivity index (χ0) is 8.69. The lowest BCUT2D eigenvalue weighted by Crippen LogP contribution is -2.21. The van der Waals surface area contributed by atoms with Crippen molar-refractivity contribution in [2.24, 2.45) is 0 Å². The van der Waals surface area contributed by atoms with E-state index in [0.717, 1.165) is 0 Å². The quantitative estimate of drug-likeness (QED) is 0.457. The zero-order valence-electron chi connectivity index (χ0n) is 6.45. The summed E-state index contributed by atoms with van der Waals surface area (Å²) in [5.74, 6) is -0.969. The highest BCUT2D eigenvalue weighted by atomic mass is 16.5. The Labute approximate surface area is 65.4 Å². The minimum atomic E-state index is -0.969. The molecule has 0 aliphatic heterocycles. The van der Waals surface area contributed by atoms with Gasteiger partial charge in [0.25, 0.3) is 0 Å². The summed E-state index contributed by atoms with van der Waals surface area (Å²) in [7, 11) is 0. The van der Waals surface area contributed by atoms with E-state index in [1.54, 1.807) is 0 Å². The molecule has 0 aromatic heterocycles. The van der Waals surface area contributed by atoms with Crippen LogP contribution in [0.5, 0.6) is 0 Å². The molecule has 1 unspecified atom stereocenters. The zero-order valence-corrected chi connectivity index (χ0v) is 6.45. The highest BCUT2D eigenvalue weighted by Crippen LogP contribution is 1.89. The topological polar surface area (TPSA) is 55.8 Å². The van der Waals surface area contributed by atoms with E-state index in [4.69, 9.17) is 14.6 Å². The molecule has 0 aliphatic carbocycles. The first-order chi connectivity index (χ1) is 5.18.